The van der Waals surface area contributed by atoms with Gasteiger partial charge in [0, 0.05) is 27.2 Å². The number of methoxy groups -OCH3 is 1. The summed E-state index contributed by atoms with van der Waals surface area (Å²) in [6, 6.07) is 0. The number of nitrogens with zero attached hydrogens (tertiary/aromatic N) is 2. The molecule has 25 heavy (non-hydrogen) atoms. The van der Waals surface area contributed by atoms with Crippen molar-refractivity contribution >= 4 is 29.9 Å². The minimum atomic E-state index is -4.09. The Labute approximate surface area is 166 Å². The van der Waals surface area contributed by atoms with Crippen molar-refractivity contribution in [3.8, 4) is 0 Å². The lowest BCUT2D eigenvalue weighted by Gasteiger charge is -2.32. The number of rotatable bonds is 7. The standard InChI is InChI=1S/C16H31F3N4O.HI/c1-15(2,24-4)11-22-14(20-3)21-8-5-13-6-9-23(10-7-13)12-16(17,18)19;/h13H,5-12H2,1-4H3,(H2,20,21,22);1H. The molecule has 0 saturated carbocycles. The van der Waals surface area contributed by atoms with Gasteiger partial charge in [-0.25, -0.2) is 0 Å². The highest BCUT2D eigenvalue weighted by molar-refractivity contribution is 14.0. The zero-order chi connectivity index (χ0) is 18.2. The van der Waals surface area contributed by atoms with E-state index >= 15 is 0 Å². The molecule has 1 rings (SSSR count). The van der Waals surface area contributed by atoms with Gasteiger partial charge in [-0.05, 0) is 52.1 Å². The average molecular weight is 480 g/mol. The molecule has 0 aliphatic carbocycles. The predicted octanol–water partition coefficient (Wildman–Crippen LogP) is 2.86. The lowest BCUT2D eigenvalue weighted by atomic mass is 9.93. The summed E-state index contributed by atoms with van der Waals surface area (Å²) < 4.78 is 42.5. The van der Waals surface area contributed by atoms with E-state index in [4.69, 9.17) is 4.74 Å². The maximum atomic E-state index is 12.4. The number of ether oxygens (including phenoxy) is 1. The van der Waals surface area contributed by atoms with Crippen molar-refractivity contribution in [1.82, 2.24) is 15.5 Å². The van der Waals surface area contributed by atoms with Crippen molar-refractivity contribution in [1.29, 1.82) is 0 Å². The first-order valence-electron chi connectivity index (χ1n) is 8.44. The van der Waals surface area contributed by atoms with E-state index < -0.39 is 12.7 Å². The number of hydrogen-bond acceptors (Lipinski definition) is 3. The van der Waals surface area contributed by atoms with Crippen molar-refractivity contribution in [2.45, 2.75) is 44.9 Å². The molecular formula is C16H32F3IN4O. The highest BCUT2D eigenvalue weighted by Gasteiger charge is 2.32. The molecule has 9 heteroatoms. The predicted molar refractivity (Wildman–Crippen MR) is 106 cm³/mol. The van der Waals surface area contributed by atoms with E-state index in [0.717, 1.165) is 31.8 Å². The molecule has 150 valence electrons. The van der Waals surface area contributed by atoms with Gasteiger partial charge in [0.1, 0.15) is 0 Å². The van der Waals surface area contributed by atoms with Crippen molar-refractivity contribution in [2.24, 2.45) is 10.9 Å². The number of alkyl halides is 3. The van der Waals surface area contributed by atoms with Crippen LogP contribution >= 0.6 is 24.0 Å². The SMILES string of the molecule is CN=C(NCCC1CCN(CC(F)(F)F)CC1)NCC(C)(C)OC.I. The number of likely N-dealkylation sites (tertiary alicyclic amines) is 1. The fourth-order valence-electron chi connectivity index (χ4n) is 2.67. The first kappa shape index (κ1) is 24.7. The summed E-state index contributed by atoms with van der Waals surface area (Å²) in [5, 5.41) is 6.46. The maximum absolute atomic E-state index is 12.4. The van der Waals surface area contributed by atoms with Gasteiger partial charge in [-0.3, -0.25) is 9.89 Å². The van der Waals surface area contributed by atoms with Crippen LogP contribution in [-0.2, 0) is 4.74 Å². The summed E-state index contributed by atoms with van der Waals surface area (Å²) in [4.78, 5) is 5.66. The van der Waals surface area contributed by atoms with Gasteiger partial charge in [-0.15, -0.1) is 24.0 Å². The smallest absolute Gasteiger partial charge is 0.377 e. The second kappa shape index (κ2) is 11.4. The monoisotopic (exact) mass is 480 g/mol. The summed E-state index contributed by atoms with van der Waals surface area (Å²) in [7, 11) is 3.38. The molecule has 0 aromatic carbocycles. The zero-order valence-corrected chi connectivity index (χ0v) is 17.9. The summed E-state index contributed by atoms with van der Waals surface area (Å²) in [5.41, 5.74) is -0.275. The van der Waals surface area contributed by atoms with Crippen molar-refractivity contribution in [3.63, 3.8) is 0 Å². The van der Waals surface area contributed by atoms with Gasteiger partial charge in [0.05, 0.1) is 12.1 Å². The third-order valence-corrected chi connectivity index (χ3v) is 4.41. The van der Waals surface area contributed by atoms with Gasteiger partial charge in [0.25, 0.3) is 0 Å². The van der Waals surface area contributed by atoms with Crippen molar-refractivity contribution in [3.05, 3.63) is 0 Å². The van der Waals surface area contributed by atoms with E-state index in [2.05, 4.69) is 15.6 Å². The lowest BCUT2D eigenvalue weighted by molar-refractivity contribution is -0.148. The van der Waals surface area contributed by atoms with E-state index in [-0.39, 0.29) is 29.6 Å². The molecule has 0 atom stereocenters. The second-order valence-corrected chi connectivity index (χ2v) is 6.94. The minimum absolute atomic E-state index is 0. The molecule has 0 aromatic heterocycles. The zero-order valence-electron chi connectivity index (χ0n) is 15.6. The van der Waals surface area contributed by atoms with Crippen LogP contribution in [0.2, 0.25) is 0 Å². The number of aliphatic imine (C=N–C) groups is 1. The van der Waals surface area contributed by atoms with Crippen LogP contribution in [0, 0.1) is 5.92 Å². The minimum Gasteiger partial charge on any atom is -0.377 e. The molecular weight excluding hydrogens is 448 g/mol. The molecule has 0 bridgehead atoms. The van der Waals surface area contributed by atoms with Crippen LogP contribution in [0.15, 0.2) is 4.99 Å². The highest BCUT2D eigenvalue weighted by atomic mass is 127. The van der Waals surface area contributed by atoms with Gasteiger partial charge in [0.15, 0.2) is 5.96 Å². The van der Waals surface area contributed by atoms with Gasteiger partial charge in [-0.1, -0.05) is 0 Å². The van der Waals surface area contributed by atoms with Gasteiger partial charge >= 0.3 is 6.18 Å². The van der Waals surface area contributed by atoms with Crippen LogP contribution in [0.5, 0.6) is 0 Å². The largest absolute Gasteiger partial charge is 0.401 e. The Kier molecular flexibility index (Phi) is 11.3. The molecule has 0 unspecified atom stereocenters. The van der Waals surface area contributed by atoms with Gasteiger partial charge < -0.3 is 15.4 Å². The summed E-state index contributed by atoms with van der Waals surface area (Å²) in [6.45, 7) is 5.64. The molecule has 1 fully saturated rings. The second-order valence-electron chi connectivity index (χ2n) is 6.94. The topological polar surface area (TPSA) is 48.9 Å². The normalized spacial score (nSPS) is 18.0. The fourth-order valence-corrected chi connectivity index (χ4v) is 2.67. The number of nitrogens with one attached hydrogen (secondary N) is 2. The first-order chi connectivity index (χ1) is 11.1. The van der Waals surface area contributed by atoms with Crippen LogP contribution in [0.25, 0.3) is 0 Å². The molecule has 5 nitrogen and oxygen atoms in total. The molecule has 1 saturated heterocycles. The lowest BCUT2D eigenvalue weighted by Crippen LogP contribution is -2.46. The molecule has 0 spiro atoms. The number of halogens is 4. The molecule has 0 aromatic rings. The molecule has 0 radical (unpaired) electrons. The quantitative estimate of drug-likeness (QED) is 0.335. The molecule has 1 aliphatic rings. The van der Waals surface area contributed by atoms with Crippen molar-refractivity contribution < 1.29 is 17.9 Å². The summed E-state index contributed by atoms with van der Waals surface area (Å²) >= 11 is 0. The number of hydrogen-bond donors (Lipinski definition) is 2. The Balaban J connectivity index is 0.00000576. The Morgan fingerprint density at radius 2 is 1.80 bits per heavy atom. The van der Waals surface area contributed by atoms with Gasteiger partial charge in [-0.2, -0.15) is 13.2 Å². The Hall–Kier alpha value is -0.290. The number of piperidine rings is 1. The third kappa shape index (κ3) is 11.1. The average Bonchev–Trinajstić information content (AvgIpc) is 2.51. The molecule has 1 heterocycles. The Bertz CT molecular complexity index is 397. The fraction of sp³-hybridized carbons (Fsp3) is 0.938. The highest BCUT2D eigenvalue weighted by Crippen LogP contribution is 2.23. The van der Waals surface area contributed by atoms with E-state index in [9.17, 15) is 13.2 Å². The molecule has 2 N–H and O–H groups in total. The van der Waals surface area contributed by atoms with Crippen LogP contribution in [0.4, 0.5) is 13.2 Å². The van der Waals surface area contributed by atoms with Crippen LogP contribution in [-0.4, -0.2) is 69.5 Å². The maximum Gasteiger partial charge on any atom is 0.401 e. The number of guanidine groups is 1. The molecule has 1 aliphatic heterocycles. The Morgan fingerprint density at radius 3 is 2.28 bits per heavy atom. The van der Waals surface area contributed by atoms with E-state index in [0.29, 0.717) is 25.6 Å². The van der Waals surface area contributed by atoms with Gasteiger partial charge in [0.2, 0.25) is 0 Å². The Morgan fingerprint density at radius 1 is 1.20 bits per heavy atom. The van der Waals surface area contributed by atoms with Crippen molar-refractivity contribution in [2.75, 3.05) is 46.9 Å². The summed E-state index contributed by atoms with van der Waals surface area (Å²) in [6.07, 6.45) is -1.52. The van der Waals surface area contributed by atoms with Crippen LogP contribution < -0.4 is 10.6 Å². The summed E-state index contributed by atoms with van der Waals surface area (Å²) in [5.74, 6) is 1.19. The van der Waals surface area contributed by atoms with E-state index in [1.54, 1.807) is 14.2 Å². The van der Waals surface area contributed by atoms with E-state index in [1.165, 1.54) is 4.90 Å². The van der Waals surface area contributed by atoms with Crippen LogP contribution in [0.1, 0.15) is 33.1 Å². The van der Waals surface area contributed by atoms with E-state index in [1.807, 2.05) is 13.8 Å². The first-order valence-corrected chi connectivity index (χ1v) is 8.44. The van der Waals surface area contributed by atoms with Crippen LogP contribution in [0.3, 0.4) is 0 Å². The third-order valence-electron chi connectivity index (χ3n) is 4.41. The molecule has 0 amide bonds.